The van der Waals surface area contributed by atoms with Crippen LogP contribution in [-0.2, 0) is 0 Å². The molecule has 2 aromatic carbocycles. The van der Waals surface area contributed by atoms with Gasteiger partial charge in [-0.3, -0.25) is 0 Å². The Bertz CT molecular complexity index is 619. The van der Waals surface area contributed by atoms with Gasteiger partial charge in [-0.1, -0.05) is 25.1 Å². The molecule has 0 saturated carbocycles. The van der Waals surface area contributed by atoms with Crippen molar-refractivity contribution in [2.24, 2.45) is 0 Å². The van der Waals surface area contributed by atoms with Gasteiger partial charge in [0.2, 0.25) is 0 Å². The normalized spacial score (nSPS) is 12.2. The quantitative estimate of drug-likeness (QED) is 0.767. The smallest absolute Gasteiger partial charge is 0.147 e. The summed E-state index contributed by atoms with van der Waals surface area (Å²) in [5, 5.41) is 12.8. The summed E-state index contributed by atoms with van der Waals surface area (Å²) in [6.07, 6.45) is 0.620. The molecule has 1 atom stereocenters. The van der Waals surface area contributed by atoms with E-state index < -0.39 is 11.6 Å². The fourth-order valence-electron chi connectivity index (χ4n) is 2.00. The van der Waals surface area contributed by atoms with Gasteiger partial charge in [-0.2, -0.15) is 0 Å². The Morgan fingerprint density at radius 1 is 1.20 bits per heavy atom. The Morgan fingerprint density at radius 2 is 1.90 bits per heavy atom. The summed E-state index contributed by atoms with van der Waals surface area (Å²) < 4.78 is 27.4. The molecule has 2 N–H and O–H groups in total. The summed E-state index contributed by atoms with van der Waals surface area (Å²) in [5.41, 5.74) is 0.721. The summed E-state index contributed by atoms with van der Waals surface area (Å²) in [4.78, 5) is 0. The van der Waals surface area contributed by atoms with Gasteiger partial charge in [0.25, 0.3) is 0 Å². The number of aromatic hydroxyl groups is 1. The van der Waals surface area contributed by atoms with Crippen molar-refractivity contribution in [3.05, 3.63) is 58.1 Å². The van der Waals surface area contributed by atoms with Crippen LogP contribution in [0.5, 0.6) is 5.75 Å². The maximum atomic E-state index is 13.8. The number of hydrogen-bond acceptors (Lipinski definition) is 2. The van der Waals surface area contributed by atoms with Gasteiger partial charge in [0.1, 0.15) is 17.4 Å². The van der Waals surface area contributed by atoms with E-state index >= 15 is 0 Å². The van der Waals surface area contributed by atoms with Gasteiger partial charge >= 0.3 is 0 Å². The lowest BCUT2D eigenvalue weighted by Crippen LogP contribution is -2.11. The van der Waals surface area contributed by atoms with E-state index in [-0.39, 0.29) is 22.0 Å². The highest BCUT2D eigenvalue weighted by Gasteiger charge is 2.16. The molecule has 1 unspecified atom stereocenters. The largest absolute Gasteiger partial charge is 0.508 e. The van der Waals surface area contributed by atoms with E-state index in [0.29, 0.717) is 12.0 Å². The predicted octanol–water partition coefficient (Wildman–Crippen LogP) is 5.00. The first-order valence-corrected chi connectivity index (χ1v) is 7.01. The van der Waals surface area contributed by atoms with Crippen molar-refractivity contribution in [3.8, 4) is 5.75 Å². The summed E-state index contributed by atoms with van der Waals surface area (Å²) in [7, 11) is 0. The van der Waals surface area contributed by atoms with E-state index in [1.54, 1.807) is 24.3 Å². The first kappa shape index (κ1) is 14.8. The highest BCUT2D eigenvalue weighted by molar-refractivity contribution is 9.10. The van der Waals surface area contributed by atoms with Crippen molar-refractivity contribution in [2.45, 2.75) is 19.4 Å². The Balaban J connectivity index is 2.32. The lowest BCUT2D eigenvalue weighted by atomic mass is 10.0. The molecule has 0 amide bonds. The van der Waals surface area contributed by atoms with Crippen molar-refractivity contribution in [1.82, 2.24) is 0 Å². The minimum atomic E-state index is -0.549. The van der Waals surface area contributed by atoms with Crippen LogP contribution in [0.2, 0.25) is 0 Å². The number of halogens is 3. The fraction of sp³-hybridized carbons (Fsp3) is 0.200. The van der Waals surface area contributed by atoms with Gasteiger partial charge in [-0.15, -0.1) is 0 Å². The predicted molar refractivity (Wildman–Crippen MR) is 78.8 cm³/mol. The van der Waals surface area contributed by atoms with Crippen molar-refractivity contribution < 1.29 is 13.9 Å². The molecule has 5 heteroatoms. The number of phenols is 1. The zero-order chi connectivity index (χ0) is 14.7. The molecule has 0 spiro atoms. The summed E-state index contributed by atoms with van der Waals surface area (Å²) in [6, 6.07) is 8.70. The van der Waals surface area contributed by atoms with E-state index in [4.69, 9.17) is 0 Å². The summed E-state index contributed by atoms with van der Waals surface area (Å²) >= 11 is 2.94. The minimum Gasteiger partial charge on any atom is -0.508 e. The maximum Gasteiger partial charge on any atom is 0.147 e. The first-order chi connectivity index (χ1) is 9.52. The second-order valence-corrected chi connectivity index (χ2v) is 5.26. The Kier molecular flexibility index (Phi) is 4.60. The Hall–Kier alpha value is -1.62. The van der Waals surface area contributed by atoms with E-state index in [1.165, 1.54) is 0 Å². The highest BCUT2D eigenvalue weighted by atomic mass is 79.9. The van der Waals surface area contributed by atoms with Crippen LogP contribution < -0.4 is 5.32 Å². The lowest BCUT2D eigenvalue weighted by molar-refractivity contribution is 0.462. The molecule has 20 heavy (non-hydrogen) atoms. The molecule has 0 aliphatic rings. The standard InChI is InChI=1S/C15H14BrF2NO/c1-2-13(9-5-3-4-6-15(9)20)19-14-8-11(17)10(16)7-12(14)18/h3-8,13,19-20H,2H2,1H3. The van der Waals surface area contributed by atoms with Gasteiger partial charge < -0.3 is 10.4 Å². The average molecular weight is 342 g/mol. The van der Waals surface area contributed by atoms with Crippen LogP contribution in [0.25, 0.3) is 0 Å². The number of anilines is 1. The molecule has 0 aromatic heterocycles. The Labute approximate surface area is 124 Å². The van der Waals surface area contributed by atoms with Crippen LogP contribution in [0.4, 0.5) is 14.5 Å². The van der Waals surface area contributed by atoms with Gasteiger partial charge in [0.15, 0.2) is 0 Å². The molecule has 0 bridgehead atoms. The molecule has 0 aliphatic carbocycles. The van der Waals surface area contributed by atoms with Crippen LogP contribution in [0.15, 0.2) is 40.9 Å². The monoisotopic (exact) mass is 341 g/mol. The molecular formula is C15H14BrF2NO. The zero-order valence-corrected chi connectivity index (χ0v) is 12.4. The number of hydrogen-bond donors (Lipinski definition) is 2. The lowest BCUT2D eigenvalue weighted by Gasteiger charge is -2.20. The third kappa shape index (κ3) is 3.10. The van der Waals surface area contributed by atoms with Crippen molar-refractivity contribution >= 4 is 21.6 Å². The second-order valence-electron chi connectivity index (χ2n) is 4.41. The van der Waals surface area contributed by atoms with Crippen LogP contribution in [-0.4, -0.2) is 5.11 Å². The number of para-hydroxylation sites is 1. The van der Waals surface area contributed by atoms with E-state index in [1.807, 2.05) is 6.92 Å². The van der Waals surface area contributed by atoms with E-state index in [9.17, 15) is 13.9 Å². The zero-order valence-electron chi connectivity index (χ0n) is 10.8. The molecule has 2 nitrogen and oxygen atoms in total. The maximum absolute atomic E-state index is 13.8. The third-order valence-corrected chi connectivity index (χ3v) is 3.67. The first-order valence-electron chi connectivity index (χ1n) is 6.22. The van der Waals surface area contributed by atoms with Gasteiger partial charge in [0.05, 0.1) is 16.2 Å². The molecule has 0 aliphatic heterocycles. The average Bonchev–Trinajstić information content (AvgIpc) is 2.42. The second kappa shape index (κ2) is 6.22. The minimum absolute atomic E-state index is 0.0702. The van der Waals surface area contributed by atoms with Gasteiger partial charge in [-0.25, -0.2) is 8.78 Å². The molecule has 0 radical (unpaired) electrons. The van der Waals surface area contributed by atoms with Gasteiger partial charge in [0, 0.05) is 11.6 Å². The molecule has 106 valence electrons. The van der Waals surface area contributed by atoms with Crippen LogP contribution in [0.1, 0.15) is 24.9 Å². The molecule has 0 saturated heterocycles. The fourth-order valence-corrected chi connectivity index (χ4v) is 2.32. The van der Waals surface area contributed by atoms with Crippen molar-refractivity contribution in [2.75, 3.05) is 5.32 Å². The molecule has 2 rings (SSSR count). The topological polar surface area (TPSA) is 32.3 Å². The molecule has 0 heterocycles. The number of phenolic OH excluding ortho intramolecular Hbond substituents is 1. The SMILES string of the molecule is CCC(Nc1cc(F)c(Br)cc1F)c1ccccc1O. The molecular weight excluding hydrogens is 328 g/mol. The van der Waals surface area contributed by atoms with Crippen LogP contribution >= 0.6 is 15.9 Å². The van der Waals surface area contributed by atoms with E-state index in [2.05, 4.69) is 21.2 Å². The number of rotatable bonds is 4. The molecule has 2 aromatic rings. The summed E-state index contributed by atoms with van der Waals surface area (Å²) in [6.45, 7) is 1.90. The van der Waals surface area contributed by atoms with Gasteiger partial charge in [-0.05, 0) is 34.5 Å². The van der Waals surface area contributed by atoms with Crippen LogP contribution in [0, 0.1) is 11.6 Å². The van der Waals surface area contributed by atoms with E-state index in [0.717, 1.165) is 12.1 Å². The molecule has 0 fully saturated rings. The van der Waals surface area contributed by atoms with Crippen LogP contribution in [0.3, 0.4) is 0 Å². The van der Waals surface area contributed by atoms with Crippen molar-refractivity contribution in [1.29, 1.82) is 0 Å². The number of benzene rings is 2. The Morgan fingerprint density at radius 3 is 2.55 bits per heavy atom. The third-order valence-electron chi connectivity index (χ3n) is 3.06. The van der Waals surface area contributed by atoms with Crippen molar-refractivity contribution in [3.63, 3.8) is 0 Å². The number of nitrogens with one attached hydrogen (secondary N) is 1. The summed E-state index contributed by atoms with van der Waals surface area (Å²) in [5.74, 6) is -0.960. The highest BCUT2D eigenvalue weighted by Crippen LogP contribution is 2.31.